The molecule has 0 saturated heterocycles. The van der Waals surface area contributed by atoms with Crippen LogP contribution in [0.15, 0.2) is 16.3 Å². The SMILES string of the molecule is CCOC(=O)CN(C1CC1)S(=O)(=O)c1ccc(CC)s1. The van der Waals surface area contributed by atoms with E-state index in [0.29, 0.717) is 4.21 Å². The van der Waals surface area contributed by atoms with Crippen LogP contribution < -0.4 is 0 Å². The minimum Gasteiger partial charge on any atom is -0.465 e. The van der Waals surface area contributed by atoms with E-state index in [-0.39, 0.29) is 19.2 Å². The number of hydrogen-bond donors (Lipinski definition) is 0. The lowest BCUT2D eigenvalue weighted by Gasteiger charge is -2.19. The predicted octanol–water partition coefficient (Wildman–Crippen LogP) is 2.03. The molecular weight excluding hydrogens is 298 g/mol. The quantitative estimate of drug-likeness (QED) is 0.722. The van der Waals surface area contributed by atoms with Gasteiger partial charge in [0.2, 0.25) is 0 Å². The van der Waals surface area contributed by atoms with Crippen LogP contribution in [0.5, 0.6) is 0 Å². The maximum absolute atomic E-state index is 12.6. The molecule has 0 aromatic carbocycles. The van der Waals surface area contributed by atoms with Crippen molar-refractivity contribution >= 4 is 27.3 Å². The maximum Gasteiger partial charge on any atom is 0.321 e. The van der Waals surface area contributed by atoms with E-state index >= 15 is 0 Å². The zero-order valence-electron chi connectivity index (χ0n) is 11.7. The zero-order valence-corrected chi connectivity index (χ0v) is 13.3. The topological polar surface area (TPSA) is 63.7 Å². The Morgan fingerprint density at radius 3 is 2.60 bits per heavy atom. The number of esters is 1. The molecule has 1 saturated carbocycles. The molecule has 1 aromatic rings. The molecule has 112 valence electrons. The van der Waals surface area contributed by atoms with Gasteiger partial charge in [0, 0.05) is 10.9 Å². The van der Waals surface area contributed by atoms with Crippen molar-refractivity contribution in [3.05, 3.63) is 17.0 Å². The molecule has 0 atom stereocenters. The molecule has 0 aliphatic heterocycles. The molecule has 1 fully saturated rings. The van der Waals surface area contributed by atoms with Gasteiger partial charge in [0.05, 0.1) is 6.61 Å². The second kappa shape index (κ2) is 6.24. The molecule has 1 aromatic heterocycles. The first-order chi connectivity index (χ1) is 9.48. The third-order valence-electron chi connectivity index (χ3n) is 3.09. The van der Waals surface area contributed by atoms with Gasteiger partial charge < -0.3 is 4.74 Å². The first-order valence-corrected chi connectivity index (χ1v) is 9.00. The largest absolute Gasteiger partial charge is 0.465 e. The van der Waals surface area contributed by atoms with Crippen LogP contribution in [0.4, 0.5) is 0 Å². The number of nitrogens with zero attached hydrogens (tertiary/aromatic N) is 1. The second-order valence-electron chi connectivity index (χ2n) is 4.66. The van der Waals surface area contributed by atoms with Crippen LogP contribution in [-0.4, -0.2) is 37.9 Å². The Hall–Kier alpha value is -0.920. The van der Waals surface area contributed by atoms with Gasteiger partial charge >= 0.3 is 5.97 Å². The molecule has 5 nitrogen and oxygen atoms in total. The van der Waals surface area contributed by atoms with E-state index in [2.05, 4.69) is 0 Å². The summed E-state index contributed by atoms with van der Waals surface area (Å²) >= 11 is 1.27. The minimum atomic E-state index is -3.59. The normalized spacial score (nSPS) is 15.6. The smallest absolute Gasteiger partial charge is 0.321 e. The highest BCUT2D eigenvalue weighted by atomic mass is 32.2. The summed E-state index contributed by atoms with van der Waals surface area (Å²) in [6, 6.07) is 3.39. The van der Waals surface area contributed by atoms with Gasteiger partial charge in [-0.15, -0.1) is 11.3 Å². The zero-order chi connectivity index (χ0) is 14.8. The first kappa shape index (κ1) is 15.5. The molecule has 1 heterocycles. The van der Waals surface area contributed by atoms with Crippen LogP contribution in [0.1, 0.15) is 31.6 Å². The lowest BCUT2D eigenvalue weighted by atomic mass is 10.4. The second-order valence-corrected chi connectivity index (χ2v) is 7.95. The highest BCUT2D eigenvalue weighted by molar-refractivity contribution is 7.91. The Morgan fingerprint density at radius 2 is 2.10 bits per heavy atom. The Kier molecular flexibility index (Phi) is 4.82. The number of sulfonamides is 1. The van der Waals surface area contributed by atoms with Crippen molar-refractivity contribution in [2.45, 2.75) is 43.4 Å². The fourth-order valence-corrected chi connectivity index (χ4v) is 4.96. The van der Waals surface area contributed by atoms with Crippen LogP contribution in [0.3, 0.4) is 0 Å². The summed E-state index contributed by atoms with van der Waals surface area (Å²) in [5, 5.41) is 0. The van der Waals surface area contributed by atoms with Gasteiger partial charge in [-0.3, -0.25) is 4.79 Å². The number of hydrogen-bond acceptors (Lipinski definition) is 5. The molecule has 1 aliphatic rings. The van der Waals surface area contributed by atoms with Gasteiger partial charge in [0.15, 0.2) is 0 Å². The number of aryl methyl sites for hydroxylation is 1. The van der Waals surface area contributed by atoms with Crippen molar-refractivity contribution < 1.29 is 17.9 Å². The molecule has 0 radical (unpaired) electrons. The Morgan fingerprint density at radius 1 is 1.40 bits per heavy atom. The maximum atomic E-state index is 12.6. The average molecular weight is 317 g/mol. The highest BCUT2D eigenvalue weighted by Crippen LogP contribution is 2.34. The Labute approximate surface area is 123 Å². The number of rotatable bonds is 7. The summed E-state index contributed by atoms with van der Waals surface area (Å²) in [6.07, 6.45) is 2.43. The molecule has 0 amide bonds. The van der Waals surface area contributed by atoms with Gasteiger partial charge in [-0.25, -0.2) is 8.42 Å². The van der Waals surface area contributed by atoms with E-state index in [0.717, 1.165) is 24.1 Å². The highest BCUT2D eigenvalue weighted by Gasteiger charge is 2.40. The Bertz CT molecular complexity index is 575. The van der Waals surface area contributed by atoms with Gasteiger partial charge in [0.25, 0.3) is 10.0 Å². The number of thiophene rings is 1. The third-order valence-corrected chi connectivity index (χ3v) is 6.69. The Balaban J connectivity index is 2.21. The minimum absolute atomic E-state index is 0.0587. The van der Waals surface area contributed by atoms with Gasteiger partial charge in [-0.2, -0.15) is 4.31 Å². The van der Waals surface area contributed by atoms with E-state index in [1.165, 1.54) is 15.6 Å². The van der Waals surface area contributed by atoms with Crippen molar-refractivity contribution in [3.8, 4) is 0 Å². The summed E-state index contributed by atoms with van der Waals surface area (Å²) in [7, 11) is -3.59. The van der Waals surface area contributed by atoms with Gasteiger partial charge in [0.1, 0.15) is 10.8 Å². The standard InChI is InChI=1S/C13H19NO4S2/c1-3-11-7-8-13(19-11)20(16,17)14(10-5-6-10)9-12(15)18-4-2/h7-8,10H,3-6,9H2,1-2H3. The van der Waals surface area contributed by atoms with Crippen molar-refractivity contribution in [1.29, 1.82) is 0 Å². The van der Waals surface area contributed by atoms with Gasteiger partial charge in [-0.1, -0.05) is 6.92 Å². The third kappa shape index (κ3) is 3.39. The van der Waals surface area contributed by atoms with E-state index < -0.39 is 16.0 Å². The summed E-state index contributed by atoms with van der Waals surface area (Å²) in [4.78, 5) is 12.6. The molecule has 0 bridgehead atoms. The summed E-state index contributed by atoms with van der Waals surface area (Å²) < 4.78 is 31.7. The summed E-state index contributed by atoms with van der Waals surface area (Å²) in [5.74, 6) is -0.491. The van der Waals surface area contributed by atoms with Crippen LogP contribution in [0.25, 0.3) is 0 Å². The monoisotopic (exact) mass is 317 g/mol. The van der Waals surface area contributed by atoms with Crippen LogP contribution in [0.2, 0.25) is 0 Å². The molecule has 20 heavy (non-hydrogen) atoms. The lowest BCUT2D eigenvalue weighted by Crippen LogP contribution is -2.37. The molecule has 0 N–H and O–H groups in total. The van der Waals surface area contributed by atoms with Crippen molar-refractivity contribution in [3.63, 3.8) is 0 Å². The molecule has 0 unspecified atom stereocenters. The van der Waals surface area contributed by atoms with Crippen LogP contribution in [0, 0.1) is 0 Å². The van der Waals surface area contributed by atoms with Crippen molar-refractivity contribution in [2.24, 2.45) is 0 Å². The number of carbonyl (C=O) groups is 1. The molecule has 7 heteroatoms. The predicted molar refractivity (Wildman–Crippen MR) is 77.2 cm³/mol. The van der Waals surface area contributed by atoms with Gasteiger partial charge in [-0.05, 0) is 38.3 Å². The van der Waals surface area contributed by atoms with E-state index in [1.807, 2.05) is 13.0 Å². The number of ether oxygens (including phenoxy) is 1. The summed E-state index contributed by atoms with van der Waals surface area (Å²) in [5.41, 5.74) is 0. The van der Waals surface area contributed by atoms with Crippen molar-refractivity contribution in [1.82, 2.24) is 4.31 Å². The molecule has 1 aliphatic carbocycles. The van der Waals surface area contributed by atoms with E-state index in [4.69, 9.17) is 4.74 Å². The fourth-order valence-electron chi connectivity index (χ4n) is 1.91. The summed E-state index contributed by atoms with van der Waals surface area (Å²) in [6.45, 7) is 3.76. The van der Waals surface area contributed by atoms with E-state index in [9.17, 15) is 13.2 Å². The molecule has 0 spiro atoms. The lowest BCUT2D eigenvalue weighted by molar-refractivity contribution is -0.143. The first-order valence-electron chi connectivity index (χ1n) is 6.75. The van der Waals surface area contributed by atoms with Crippen LogP contribution >= 0.6 is 11.3 Å². The molecular formula is C13H19NO4S2. The van der Waals surface area contributed by atoms with E-state index in [1.54, 1.807) is 13.0 Å². The number of carbonyl (C=O) groups excluding carboxylic acids is 1. The van der Waals surface area contributed by atoms with Crippen LogP contribution in [-0.2, 0) is 26.0 Å². The molecule has 2 rings (SSSR count). The average Bonchev–Trinajstić information content (AvgIpc) is 3.11. The fraction of sp³-hybridized carbons (Fsp3) is 0.615. The van der Waals surface area contributed by atoms with Crippen molar-refractivity contribution in [2.75, 3.05) is 13.2 Å².